The summed E-state index contributed by atoms with van der Waals surface area (Å²) < 4.78 is 2.40. The van der Waals surface area contributed by atoms with E-state index in [0.717, 1.165) is 0 Å². The highest BCUT2D eigenvalue weighted by molar-refractivity contribution is 6.09. The van der Waals surface area contributed by atoms with Crippen LogP contribution in [0.1, 0.15) is 0 Å². The van der Waals surface area contributed by atoms with Crippen molar-refractivity contribution in [2.24, 2.45) is 0 Å². The second kappa shape index (κ2) is 7.30. The van der Waals surface area contributed by atoms with Crippen molar-refractivity contribution in [3.8, 4) is 27.9 Å². The normalized spacial score (nSPS) is 11.2. The smallest absolute Gasteiger partial charge is 0.0541 e. The van der Waals surface area contributed by atoms with E-state index in [4.69, 9.17) is 0 Å². The average Bonchev–Trinajstić information content (AvgIpc) is 3.19. The molecule has 0 bridgehead atoms. The maximum atomic E-state index is 2.40. The molecule has 146 valence electrons. The minimum absolute atomic E-state index is 1.20. The largest absolute Gasteiger partial charge is 0.309 e. The summed E-state index contributed by atoms with van der Waals surface area (Å²) in [6.07, 6.45) is 0. The molecule has 1 heteroatoms. The highest BCUT2D eigenvalue weighted by Gasteiger charge is 2.15. The molecule has 31 heavy (non-hydrogen) atoms. The van der Waals surface area contributed by atoms with E-state index < -0.39 is 0 Å². The molecular formula is C30H21N. The Labute approximate surface area is 181 Å². The summed E-state index contributed by atoms with van der Waals surface area (Å²) in [6, 6.07) is 45.5. The lowest BCUT2D eigenvalue weighted by molar-refractivity contribution is 1.18. The van der Waals surface area contributed by atoms with Crippen LogP contribution >= 0.6 is 0 Å². The van der Waals surface area contributed by atoms with Gasteiger partial charge in [0.05, 0.1) is 16.7 Å². The van der Waals surface area contributed by atoms with E-state index in [0.29, 0.717) is 0 Å². The van der Waals surface area contributed by atoms with Crippen LogP contribution in [0.3, 0.4) is 0 Å². The Morgan fingerprint density at radius 3 is 1.52 bits per heavy atom. The van der Waals surface area contributed by atoms with Crippen LogP contribution in [0.2, 0.25) is 0 Å². The second-order valence-corrected chi connectivity index (χ2v) is 7.83. The maximum Gasteiger partial charge on any atom is 0.0541 e. The van der Waals surface area contributed by atoms with Crippen molar-refractivity contribution in [3.05, 3.63) is 127 Å². The van der Waals surface area contributed by atoms with Crippen molar-refractivity contribution in [2.75, 3.05) is 0 Å². The molecule has 6 rings (SSSR count). The van der Waals surface area contributed by atoms with E-state index in [1.54, 1.807) is 0 Å². The van der Waals surface area contributed by atoms with Crippen LogP contribution in [0.4, 0.5) is 0 Å². The van der Waals surface area contributed by atoms with Gasteiger partial charge in [-0.25, -0.2) is 0 Å². The van der Waals surface area contributed by atoms with E-state index >= 15 is 0 Å². The van der Waals surface area contributed by atoms with Crippen LogP contribution in [0.5, 0.6) is 0 Å². The number of hydrogen-bond acceptors (Lipinski definition) is 0. The molecule has 0 aliphatic heterocycles. The highest BCUT2D eigenvalue weighted by Crippen LogP contribution is 2.37. The van der Waals surface area contributed by atoms with E-state index in [9.17, 15) is 0 Å². The molecule has 5 aromatic carbocycles. The van der Waals surface area contributed by atoms with Gasteiger partial charge in [-0.05, 0) is 41.0 Å². The predicted molar refractivity (Wildman–Crippen MR) is 132 cm³/mol. The maximum absolute atomic E-state index is 2.40. The van der Waals surface area contributed by atoms with Gasteiger partial charge in [-0.1, -0.05) is 103 Å². The molecule has 0 amide bonds. The first-order valence-corrected chi connectivity index (χ1v) is 10.6. The van der Waals surface area contributed by atoms with Gasteiger partial charge >= 0.3 is 0 Å². The topological polar surface area (TPSA) is 4.93 Å². The number of nitrogens with zero attached hydrogens (tertiary/aromatic N) is 1. The number of aromatic nitrogens is 1. The molecule has 0 unspecified atom stereocenters. The van der Waals surface area contributed by atoms with E-state index in [1.807, 2.05) is 0 Å². The van der Waals surface area contributed by atoms with Gasteiger partial charge < -0.3 is 4.57 Å². The van der Waals surface area contributed by atoms with Crippen LogP contribution in [-0.4, -0.2) is 4.57 Å². The summed E-state index contributed by atoms with van der Waals surface area (Å²) in [5, 5.41) is 2.56. The summed E-state index contributed by atoms with van der Waals surface area (Å²) in [6.45, 7) is 0. The minimum Gasteiger partial charge on any atom is -0.309 e. The van der Waals surface area contributed by atoms with Crippen LogP contribution in [0.25, 0.3) is 49.7 Å². The molecule has 0 saturated carbocycles. The van der Waals surface area contributed by atoms with E-state index in [1.165, 1.54) is 49.7 Å². The van der Waals surface area contributed by atoms with Gasteiger partial charge in [0.15, 0.2) is 0 Å². The first-order chi connectivity index (χ1) is 15.4. The summed E-state index contributed by atoms with van der Waals surface area (Å²) in [5.41, 5.74) is 8.56. The van der Waals surface area contributed by atoms with Crippen molar-refractivity contribution < 1.29 is 0 Å². The Bertz CT molecular complexity index is 1460. The molecule has 1 heterocycles. The molecule has 0 aliphatic carbocycles. The van der Waals surface area contributed by atoms with E-state index in [2.05, 4.69) is 132 Å². The second-order valence-electron chi connectivity index (χ2n) is 7.83. The minimum atomic E-state index is 1.20. The first kappa shape index (κ1) is 17.7. The summed E-state index contributed by atoms with van der Waals surface area (Å²) in [7, 11) is 0. The van der Waals surface area contributed by atoms with Gasteiger partial charge in [0.1, 0.15) is 0 Å². The van der Waals surface area contributed by atoms with Crippen molar-refractivity contribution in [2.45, 2.75) is 0 Å². The van der Waals surface area contributed by atoms with Gasteiger partial charge in [-0.3, -0.25) is 0 Å². The molecule has 1 aromatic heterocycles. The quantitative estimate of drug-likeness (QED) is 0.285. The Morgan fingerprint density at radius 1 is 0.387 bits per heavy atom. The number of para-hydroxylation sites is 2. The summed E-state index contributed by atoms with van der Waals surface area (Å²) >= 11 is 0. The van der Waals surface area contributed by atoms with Gasteiger partial charge in [-0.2, -0.15) is 0 Å². The van der Waals surface area contributed by atoms with Crippen molar-refractivity contribution in [1.82, 2.24) is 4.57 Å². The Morgan fingerprint density at radius 2 is 0.903 bits per heavy atom. The molecule has 0 radical (unpaired) electrons. The average molecular weight is 396 g/mol. The summed E-state index contributed by atoms with van der Waals surface area (Å²) in [5.74, 6) is 0. The molecular weight excluding hydrogens is 374 g/mol. The number of hydrogen-bond donors (Lipinski definition) is 0. The van der Waals surface area contributed by atoms with Crippen LogP contribution in [0.15, 0.2) is 127 Å². The fraction of sp³-hybridized carbons (Fsp3) is 0. The van der Waals surface area contributed by atoms with Crippen molar-refractivity contribution in [1.29, 1.82) is 0 Å². The Kier molecular flexibility index (Phi) is 4.18. The lowest BCUT2D eigenvalue weighted by Gasteiger charge is -2.16. The SMILES string of the molecule is c1ccc(-c2ccc(-n3c4ccccc4c4ccccc43)c(-c3ccccc3)c2)cc1. The van der Waals surface area contributed by atoms with Crippen LogP contribution in [-0.2, 0) is 0 Å². The van der Waals surface area contributed by atoms with Gasteiger partial charge in [0.25, 0.3) is 0 Å². The standard InChI is InChI=1S/C30H21N/c1-3-11-22(12-4-1)24-19-20-30(27(21-24)23-13-5-2-6-14-23)31-28-17-9-7-15-25(28)26-16-8-10-18-29(26)31/h1-21H. The monoisotopic (exact) mass is 395 g/mol. The van der Waals surface area contributed by atoms with Crippen molar-refractivity contribution >= 4 is 21.8 Å². The molecule has 0 spiro atoms. The van der Waals surface area contributed by atoms with Gasteiger partial charge in [0.2, 0.25) is 0 Å². The number of fused-ring (bicyclic) bond motifs is 3. The van der Waals surface area contributed by atoms with Gasteiger partial charge in [0, 0.05) is 16.3 Å². The molecule has 0 saturated heterocycles. The third-order valence-corrected chi connectivity index (χ3v) is 6.01. The Balaban J connectivity index is 1.70. The lowest BCUT2D eigenvalue weighted by atomic mass is 9.97. The molecule has 0 atom stereocenters. The van der Waals surface area contributed by atoms with Gasteiger partial charge in [-0.15, -0.1) is 0 Å². The predicted octanol–water partition coefficient (Wildman–Crippen LogP) is 8.12. The highest BCUT2D eigenvalue weighted by atomic mass is 15.0. The van der Waals surface area contributed by atoms with E-state index in [-0.39, 0.29) is 0 Å². The molecule has 0 aliphatic rings. The first-order valence-electron chi connectivity index (χ1n) is 10.6. The zero-order valence-electron chi connectivity index (χ0n) is 17.1. The fourth-order valence-corrected chi connectivity index (χ4v) is 4.57. The molecule has 1 nitrogen and oxygen atoms in total. The number of benzene rings is 5. The third kappa shape index (κ3) is 2.94. The van der Waals surface area contributed by atoms with Crippen LogP contribution in [0, 0.1) is 0 Å². The zero-order chi connectivity index (χ0) is 20.6. The van der Waals surface area contributed by atoms with Crippen LogP contribution < -0.4 is 0 Å². The Hall–Kier alpha value is -4.10. The molecule has 0 fully saturated rings. The fourth-order valence-electron chi connectivity index (χ4n) is 4.57. The third-order valence-electron chi connectivity index (χ3n) is 6.01. The summed E-state index contributed by atoms with van der Waals surface area (Å²) in [4.78, 5) is 0. The van der Waals surface area contributed by atoms with Crippen molar-refractivity contribution in [3.63, 3.8) is 0 Å². The molecule has 0 N–H and O–H groups in total. The number of rotatable bonds is 3. The molecule has 6 aromatic rings. The zero-order valence-corrected chi connectivity index (χ0v) is 17.1. The lowest BCUT2D eigenvalue weighted by Crippen LogP contribution is -1.97.